The van der Waals surface area contributed by atoms with Crippen LogP contribution >= 0.6 is 0 Å². The van der Waals surface area contributed by atoms with Crippen LogP contribution in [0.25, 0.3) is 22.1 Å². The van der Waals surface area contributed by atoms with Gasteiger partial charge < -0.3 is 5.32 Å². The molecule has 0 radical (unpaired) electrons. The molecule has 5 rings (SSSR count). The molecule has 1 fully saturated rings. The van der Waals surface area contributed by atoms with Gasteiger partial charge >= 0.3 is 0 Å². The number of benzene rings is 1. The number of nitrogens with zero attached hydrogens (tertiary/aromatic N) is 6. The molecule has 4 aromatic rings. The molecule has 154 valence electrons. The number of fused-ring (bicyclic) bond motifs is 2. The van der Waals surface area contributed by atoms with Crippen molar-refractivity contribution in [1.82, 2.24) is 29.7 Å². The highest BCUT2D eigenvalue weighted by Gasteiger charge is 2.31. The molecule has 0 atom stereocenters. The molecular weight excluding hydrogens is 390 g/mol. The van der Waals surface area contributed by atoms with Crippen molar-refractivity contribution in [3.8, 4) is 0 Å². The zero-order valence-electron chi connectivity index (χ0n) is 18.0. The van der Waals surface area contributed by atoms with Crippen molar-refractivity contribution in [1.29, 1.82) is 0 Å². The van der Waals surface area contributed by atoms with E-state index in [2.05, 4.69) is 45.0 Å². The molecule has 1 N–H and O–H groups in total. The van der Waals surface area contributed by atoms with Gasteiger partial charge in [0.15, 0.2) is 5.65 Å². The maximum absolute atomic E-state index is 4.88. The average molecular weight is 418 g/mol. The SMILES string of the molecule is Cc1cc2nccnc2cc1Nc1ncc2c(C)nn(C3CC[Si](C)(C)CC3)c2n1. The lowest BCUT2D eigenvalue weighted by atomic mass is 10.1. The van der Waals surface area contributed by atoms with Gasteiger partial charge in [-0.2, -0.15) is 10.1 Å². The van der Waals surface area contributed by atoms with Gasteiger partial charge in [-0.1, -0.05) is 25.2 Å². The Morgan fingerprint density at radius 1 is 1.00 bits per heavy atom. The van der Waals surface area contributed by atoms with Crippen LogP contribution in [-0.2, 0) is 0 Å². The van der Waals surface area contributed by atoms with Crippen molar-refractivity contribution in [3.63, 3.8) is 0 Å². The molecule has 7 nitrogen and oxygen atoms in total. The van der Waals surface area contributed by atoms with E-state index in [1.54, 1.807) is 12.4 Å². The summed E-state index contributed by atoms with van der Waals surface area (Å²) in [4.78, 5) is 18.2. The molecule has 4 heterocycles. The van der Waals surface area contributed by atoms with E-state index in [4.69, 9.17) is 10.1 Å². The Bertz CT molecular complexity index is 1240. The van der Waals surface area contributed by atoms with Gasteiger partial charge in [-0.15, -0.1) is 0 Å². The van der Waals surface area contributed by atoms with Gasteiger partial charge in [-0.05, 0) is 44.4 Å². The summed E-state index contributed by atoms with van der Waals surface area (Å²) in [5, 5.41) is 9.27. The highest BCUT2D eigenvalue weighted by Crippen LogP contribution is 2.36. The van der Waals surface area contributed by atoms with E-state index < -0.39 is 8.07 Å². The van der Waals surface area contributed by atoms with E-state index in [0.717, 1.165) is 39.0 Å². The van der Waals surface area contributed by atoms with E-state index in [0.29, 0.717) is 12.0 Å². The minimum absolute atomic E-state index is 0.433. The minimum Gasteiger partial charge on any atom is -0.324 e. The number of hydrogen-bond donors (Lipinski definition) is 1. The van der Waals surface area contributed by atoms with E-state index in [1.807, 2.05) is 25.3 Å². The Balaban J connectivity index is 1.50. The quantitative estimate of drug-likeness (QED) is 0.463. The average Bonchev–Trinajstić information content (AvgIpc) is 3.04. The fraction of sp³-hybridized carbons (Fsp3) is 0.409. The summed E-state index contributed by atoms with van der Waals surface area (Å²) in [5.41, 5.74) is 5.67. The van der Waals surface area contributed by atoms with Crippen molar-refractivity contribution in [2.45, 2.75) is 57.9 Å². The van der Waals surface area contributed by atoms with Crippen LogP contribution in [0.5, 0.6) is 0 Å². The summed E-state index contributed by atoms with van der Waals surface area (Å²) in [6.07, 6.45) is 7.71. The second-order valence-electron chi connectivity index (χ2n) is 9.19. The van der Waals surface area contributed by atoms with E-state index in [1.165, 1.54) is 24.9 Å². The molecule has 1 aliphatic heterocycles. The molecule has 0 saturated carbocycles. The third kappa shape index (κ3) is 3.45. The second kappa shape index (κ2) is 7.12. The number of anilines is 2. The summed E-state index contributed by atoms with van der Waals surface area (Å²) in [6, 6.07) is 7.17. The van der Waals surface area contributed by atoms with Crippen molar-refractivity contribution in [3.05, 3.63) is 42.0 Å². The molecule has 30 heavy (non-hydrogen) atoms. The molecule has 3 aromatic heterocycles. The fourth-order valence-electron chi connectivity index (χ4n) is 4.38. The van der Waals surface area contributed by atoms with Crippen LogP contribution in [0.4, 0.5) is 11.6 Å². The van der Waals surface area contributed by atoms with Crippen molar-refractivity contribution in [2.24, 2.45) is 0 Å². The Kier molecular flexibility index (Phi) is 4.54. The maximum atomic E-state index is 4.88. The van der Waals surface area contributed by atoms with Gasteiger partial charge in [0.25, 0.3) is 0 Å². The fourth-order valence-corrected chi connectivity index (χ4v) is 6.86. The van der Waals surface area contributed by atoms with Gasteiger partial charge in [0, 0.05) is 32.4 Å². The molecule has 1 aliphatic rings. The van der Waals surface area contributed by atoms with E-state index >= 15 is 0 Å². The zero-order chi connectivity index (χ0) is 20.9. The van der Waals surface area contributed by atoms with Crippen molar-refractivity contribution in [2.75, 3.05) is 5.32 Å². The molecule has 0 bridgehead atoms. The smallest absolute Gasteiger partial charge is 0.229 e. The first-order chi connectivity index (χ1) is 14.4. The molecule has 0 unspecified atom stereocenters. The standard InChI is InChI=1S/C22H27N7Si/c1-14-11-19-20(24-8-7-23-19)12-18(14)26-22-25-13-17-15(2)28-29(21(17)27-22)16-5-9-30(3,4)10-6-16/h7-8,11-13,16H,5-6,9-10H2,1-4H3,(H,25,26,27). The van der Waals surface area contributed by atoms with Crippen molar-refractivity contribution >= 4 is 41.8 Å². The zero-order valence-corrected chi connectivity index (χ0v) is 19.0. The van der Waals surface area contributed by atoms with Gasteiger partial charge in [0.2, 0.25) is 5.95 Å². The predicted octanol–water partition coefficient (Wildman–Crippen LogP) is 5.17. The van der Waals surface area contributed by atoms with Crippen LogP contribution in [0.15, 0.2) is 30.7 Å². The highest BCUT2D eigenvalue weighted by molar-refractivity contribution is 6.77. The molecular formula is C22H27N7Si. The molecule has 1 saturated heterocycles. The Morgan fingerprint density at radius 3 is 2.43 bits per heavy atom. The van der Waals surface area contributed by atoms with Gasteiger partial charge in [-0.3, -0.25) is 9.97 Å². The third-order valence-corrected chi connectivity index (χ3v) is 9.63. The lowest BCUT2D eigenvalue weighted by Crippen LogP contribution is -2.32. The summed E-state index contributed by atoms with van der Waals surface area (Å²) in [5.74, 6) is 0.584. The Hall–Kier alpha value is -2.87. The first-order valence-corrected chi connectivity index (χ1v) is 14.0. The minimum atomic E-state index is -1.01. The van der Waals surface area contributed by atoms with Crippen LogP contribution in [0.3, 0.4) is 0 Å². The summed E-state index contributed by atoms with van der Waals surface area (Å²) in [6.45, 7) is 9.09. The first kappa shape index (κ1) is 19.1. The molecule has 1 aromatic carbocycles. The topological polar surface area (TPSA) is 81.4 Å². The third-order valence-electron chi connectivity index (χ3n) is 6.35. The lowest BCUT2D eigenvalue weighted by Gasteiger charge is -2.32. The summed E-state index contributed by atoms with van der Waals surface area (Å²) >= 11 is 0. The number of rotatable bonds is 3. The molecule has 0 amide bonds. The van der Waals surface area contributed by atoms with E-state index in [-0.39, 0.29) is 0 Å². The van der Waals surface area contributed by atoms with E-state index in [9.17, 15) is 0 Å². The van der Waals surface area contributed by atoms with Gasteiger partial charge in [-0.25, -0.2) is 9.67 Å². The number of hydrogen-bond acceptors (Lipinski definition) is 6. The summed E-state index contributed by atoms with van der Waals surface area (Å²) in [7, 11) is -1.01. The largest absolute Gasteiger partial charge is 0.324 e. The number of nitrogens with one attached hydrogen (secondary N) is 1. The highest BCUT2D eigenvalue weighted by atomic mass is 28.3. The van der Waals surface area contributed by atoms with Gasteiger partial charge in [0.05, 0.1) is 28.2 Å². The normalized spacial score (nSPS) is 16.9. The molecule has 0 spiro atoms. The van der Waals surface area contributed by atoms with Gasteiger partial charge in [0.1, 0.15) is 0 Å². The monoisotopic (exact) mass is 417 g/mol. The van der Waals surface area contributed by atoms with Crippen molar-refractivity contribution < 1.29 is 0 Å². The van der Waals surface area contributed by atoms with Crippen LogP contribution in [0.2, 0.25) is 25.2 Å². The number of aromatic nitrogens is 6. The Morgan fingerprint density at radius 2 is 1.70 bits per heavy atom. The van der Waals surface area contributed by atoms with Crippen LogP contribution in [-0.4, -0.2) is 37.8 Å². The lowest BCUT2D eigenvalue weighted by molar-refractivity contribution is 0.419. The first-order valence-electron chi connectivity index (χ1n) is 10.6. The molecule has 8 heteroatoms. The van der Waals surface area contributed by atoms with Crippen LogP contribution in [0.1, 0.15) is 30.1 Å². The van der Waals surface area contributed by atoms with Crippen LogP contribution in [0, 0.1) is 13.8 Å². The summed E-state index contributed by atoms with van der Waals surface area (Å²) < 4.78 is 2.15. The number of aryl methyl sites for hydroxylation is 2. The second-order valence-corrected chi connectivity index (χ2v) is 14.5. The maximum Gasteiger partial charge on any atom is 0.229 e. The Labute approximate surface area is 177 Å². The predicted molar refractivity (Wildman–Crippen MR) is 123 cm³/mol. The van der Waals surface area contributed by atoms with Crippen LogP contribution < -0.4 is 5.32 Å². The molecule has 0 aliphatic carbocycles.